The van der Waals surface area contributed by atoms with Crippen molar-refractivity contribution in [3.63, 3.8) is 0 Å². The summed E-state index contributed by atoms with van der Waals surface area (Å²) in [5.74, 6) is -1.65. The van der Waals surface area contributed by atoms with Gasteiger partial charge in [0.1, 0.15) is 11.2 Å². The average molecular weight is 777 g/mol. The minimum absolute atomic E-state index is 0.0643. The minimum Gasteiger partial charge on any atom is -0.457 e. The van der Waals surface area contributed by atoms with E-state index in [4.69, 9.17) is 18.9 Å². The first-order valence-electron chi connectivity index (χ1n) is 18.5. The second-order valence-electron chi connectivity index (χ2n) is 15.6. The van der Waals surface area contributed by atoms with Gasteiger partial charge in [-0.25, -0.2) is 14.5 Å². The molecule has 1 N–H and O–H groups in total. The van der Waals surface area contributed by atoms with Crippen LogP contribution < -0.4 is 10.2 Å². The van der Waals surface area contributed by atoms with E-state index in [1.54, 1.807) is 89.9 Å². The van der Waals surface area contributed by atoms with Crippen LogP contribution in [0.2, 0.25) is 0 Å². The first-order chi connectivity index (χ1) is 26.3. The van der Waals surface area contributed by atoms with E-state index >= 15 is 0 Å². The molecule has 0 bridgehead atoms. The third-order valence-electron chi connectivity index (χ3n) is 8.65. The van der Waals surface area contributed by atoms with Gasteiger partial charge >= 0.3 is 18.2 Å². The summed E-state index contributed by atoms with van der Waals surface area (Å²) in [6.45, 7) is 12.2. The Labute approximate surface area is 327 Å². The summed E-state index contributed by atoms with van der Waals surface area (Å²) in [4.78, 5) is 83.9. The monoisotopic (exact) mass is 776 g/mol. The molecule has 4 rings (SSSR count). The molecule has 5 amide bonds. The number of likely N-dealkylation sites (N-methyl/N-ethyl adjacent to an activating group) is 1. The molecule has 0 unspecified atom stereocenters. The highest BCUT2D eigenvalue weighted by Crippen LogP contribution is 2.25. The fraction of sp³-hybridized carbons (Fsp3) is 0.525. The summed E-state index contributed by atoms with van der Waals surface area (Å²) in [5.41, 5.74) is -0.247. The molecule has 302 valence electrons. The summed E-state index contributed by atoms with van der Waals surface area (Å²) < 4.78 is 22.4. The molecule has 0 saturated carbocycles. The lowest BCUT2D eigenvalue weighted by Gasteiger charge is -2.36. The van der Waals surface area contributed by atoms with E-state index in [-0.39, 0.29) is 55.7 Å². The number of carbonyl (C=O) groups excluding carboxylic acids is 6. The highest BCUT2D eigenvalue weighted by atomic mass is 16.6. The van der Waals surface area contributed by atoms with Crippen LogP contribution in [0, 0.1) is 11.3 Å². The highest BCUT2D eigenvalue weighted by molar-refractivity contribution is 6.01. The number of ether oxygens (including phenoxy) is 4. The van der Waals surface area contributed by atoms with Crippen molar-refractivity contribution in [1.82, 2.24) is 14.7 Å². The number of esters is 1. The zero-order valence-electron chi connectivity index (χ0n) is 33.4. The van der Waals surface area contributed by atoms with Crippen LogP contribution in [0.15, 0.2) is 42.5 Å². The van der Waals surface area contributed by atoms with Gasteiger partial charge in [0.05, 0.1) is 37.9 Å². The molecule has 56 heavy (non-hydrogen) atoms. The maximum atomic E-state index is 14.0. The second-order valence-corrected chi connectivity index (χ2v) is 15.6. The third-order valence-corrected chi connectivity index (χ3v) is 8.65. The second kappa shape index (κ2) is 18.3. The summed E-state index contributed by atoms with van der Waals surface area (Å²) in [6, 6.07) is 13.2. The van der Waals surface area contributed by atoms with E-state index in [0.717, 1.165) is 17.7 Å². The predicted molar refractivity (Wildman–Crippen MR) is 205 cm³/mol. The van der Waals surface area contributed by atoms with Crippen molar-refractivity contribution >= 4 is 47.3 Å². The lowest BCUT2D eigenvalue weighted by molar-refractivity contribution is -0.160. The van der Waals surface area contributed by atoms with Gasteiger partial charge in [-0.1, -0.05) is 6.07 Å². The number of hydrogen-bond donors (Lipinski definition) is 1. The van der Waals surface area contributed by atoms with Crippen molar-refractivity contribution in [2.75, 3.05) is 56.6 Å². The molecule has 2 saturated heterocycles. The summed E-state index contributed by atoms with van der Waals surface area (Å²) in [6.07, 6.45) is -2.38. The number of morpholine rings is 1. The van der Waals surface area contributed by atoms with Gasteiger partial charge in [0.25, 0.3) is 11.8 Å². The van der Waals surface area contributed by atoms with Crippen LogP contribution in [-0.4, -0.2) is 120 Å². The number of carbonyl (C=O) groups is 6. The van der Waals surface area contributed by atoms with E-state index in [9.17, 15) is 34.0 Å². The Bertz CT molecular complexity index is 1810. The number of nitrogens with zero attached hydrogens (tertiary/aromatic N) is 5. The molecule has 2 aliphatic heterocycles. The van der Waals surface area contributed by atoms with Gasteiger partial charge in [0.2, 0.25) is 5.91 Å². The molecule has 0 radical (unpaired) electrons. The number of anilines is 2. The van der Waals surface area contributed by atoms with Gasteiger partial charge in [-0.05, 0) is 96.3 Å². The van der Waals surface area contributed by atoms with Crippen LogP contribution in [-0.2, 0) is 39.9 Å². The van der Waals surface area contributed by atoms with Crippen molar-refractivity contribution in [2.24, 2.45) is 0 Å². The SMILES string of the molecule is CC(=O)O[C@@H](CNc1ccc(C#N)c(CN(C(=O)OC(C)(C)C)C(=O)OC(C)(C)C)c1)[C@H]1OCCN(c2cccc(C(=O)N(C)CC(=O)N3CCCC3)c2)C1=O. The first-order valence-corrected chi connectivity index (χ1v) is 18.5. The van der Waals surface area contributed by atoms with E-state index in [1.165, 1.54) is 22.8 Å². The van der Waals surface area contributed by atoms with E-state index in [2.05, 4.69) is 11.4 Å². The predicted octanol–water partition coefficient (Wildman–Crippen LogP) is 4.70. The van der Waals surface area contributed by atoms with Crippen LogP contribution in [0.5, 0.6) is 0 Å². The molecular formula is C40H52N6O10. The number of nitriles is 1. The Balaban J connectivity index is 1.51. The molecule has 0 aliphatic carbocycles. The fourth-order valence-electron chi connectivity index (χ4n) is 6.09. The molecule has 2 heterocycles. The molecule has 2 fully saturated rings. The normalized spacial score (nSPS) is 16.3. The number of likely N-dealkylation sites (tertiary alicyclic amines) is 1. The molecule has 2 aromatic rings. The smallest absolute Gasteiger partial charge is 0.420 e. The number of benzene rings is 2. The number of imide groups is 1. The van der Waals surface area contributed by atoms with Gasteiger partial charge in [-0.3, -0.25) is 19.2 Å². The van der Waals surface area contributed by atoms with Crippen LogP contribution in [0.4, 0.5) is 21.0 Å². The van der Waals surface area contributed by atoms with E-state index in [1.807, 2.05) is 0 Å². The Morgan fingerprint density at radius 3 is 2.20 bits per heavy atom. The molecule has 2 atom stereocenters. The maximum Gasteiger partial charge on any atom is 0.420 e. The van der Waals surface area contributed by atoms with Crippen molar-refractivity contribution in [2.45, 2.75) is 91.3 Å². The third kappa shape index (κ3) is 11.9. The largest absolute Gasteiger partial charge is 0.457 e. The molecule has 2 aliphatic rings. The molecule has 16 nitrogen and oxygen atoms in total. The molecular weight excluding hydrogens is 724 g/mol. The Hall–Kier alpha value is -5.69. The van der Waals surface area contributed by atoms with Gasteiger partial charge in [-0.15, -0.1) is 0 Å². The number of rotatable bonds is 11. The number of nitrogens with one attached hydrogen (secondary N) is 1. The molecule has 16 heteroatoms. The standard InChI is InChI=1S/C40H52N6O10/c1-26(47)54-32(23-42-30-15-14-28(22-41)29(20-30)24-46(37(51)55-39(2,3)4)38(52)56-40(5,6)7)34-36(50)45(18-19-53-34)31-13-11-12-27(21-31)35(49)43(8)25-33(48)44-16-9-10-17-44/h11-15,20-21,32,34,42H,9-10,16-19,23-25H2,1-8H3/t32-,34+/m0/s1. The minimum atomic E-state index is -1.23. The highest BCUT2D eigenvalue weighted by Gasteiger charge is 2.39. The molecule has 0 aromatic heterocycles. The first kappa shape index (κ1) is 43.0. The average Bonchev–Trinajstić information content (AvgIpc) is 3.66. The van der Waals surface area contributed by atoms with Crippen LogP contribution in [0.3, 0.4) is 0 Å². The zero-order chi connectivity index (χ0) is 41.4. The fourth-order valence-corrected chi connectivity index (χ4v) is 6.09. The lowest BCUT2D eigenvalue weighted by atomic mass is 10.1. The van der Waals surface area contributed by atoms with Crippen molar-refractivity contribution < 1.29 is 47.7 Å². The van der Waals surface area contributed by atoms with Gasteiger partial charge in [0.15, 0.2) is 12.2 Å². The van der Waals surface area contributed by atoms with Gasteiger partial charge < -0.3 is 39.0 Å². The quantitative estimate of drug-likeness (QED) is 0.245. The molecule has 0 spiro atoms. The van der Waals surface area contributed by atoms with Crippen LogP contribution >= 0.6 is 0 Å². The van der Waals surface area contributed by atoms with Crippen molar-refractivity contribution in [1.29, 1.82) is 5.26 Å². The van der Waals surface area contributed by atoms with Crippen molar-refractivity contribution in [3.8, 4) is 6.07 Å². The Morgan fingerprint density at radius 1 is 0.964 bits per heavy atom. The van der Waals surface area contributed by atoms with E-state index < -0.39 is 47.5 Å². The number of amides is 5. The Kier molecular flexibility index (Phi) is 14.1. The topological polar surface area (TPSA) is 188 Å². The Morgan fingerprint density at radius 2 is 1.61 bits per heavy atom. The van der Waals surface area contributed by atoms with Crippen molar-refractivity contribution in [3.05, 3.63) is 59.2 Å². The summed E-state index contributed by atoms with van der Waals surface area (Å²) >= 11 is 0. The van der Waals surface area contributed by atoms with Gasteiger partial charge in [0, 0.05) is 50.5 Å². The maximum absolute atomic E-state index is 14.0. The molecule has 2 aromatic carbocycles. The van der Waals surface area contributed by atoms with Crippen LogP contribution in [0.25, 0.3) is 0 Å². The summed E-state index contributed by atoms with van der Waals surface area (Å²) in [7, 11) is 1.56. The zero-order valence-corrected chi connectivity index (χ0v) is 33.4. The summed E-state index contributed by atoms with van der Waals surface area (Å²) in [5, 5.41) is 13.0. The number of hydrogen-bond acceptors (Lipinski definition) is 12. The van der Waals surface area contributed by atoms with Gasteiger partial charge in [-0.2, -0.15) is 5.26 Å². The lowest BCUT2D eigenvalue weighted by Crippen LogP contribution is -2.55. The van der Waals surface area contributed by atoms with Crippen LogP contribution in [0.1, 0.15) is 82.8 Å². The van der Waals surface area contributed by atoms with E-state index in [0.29, 0.717) is 30.0 Å².